The molecule has 1 heterocycles. The summed E-state index contributed by atoms with van der Waals surface area (Å²) in [4.78, 5) is 44.2. The van der Waals surface area contributed by atoms with Gasteiger partial charge in [-0.1, -0.05) is 30.3 Å². The van der Waals surface area contributed by atoms with Crippen LogP contribution in [0.2, 0.25) is 0 Å². The number of carbonyl (C=O) groups excluding carboxylic acids is 3. The molecule has 2 rings (SSSR count). The molecule has 0 aliphatic carbocycles. The quantitative estimate of drug-likeness (QED) is 0.226. The Labute approximate surface area is 185 Å². The van der Waals surface area contributed by atoms with Gasteiger partial charge < -0.3 is 19.5 Å². The van der Waals surface area contributed by atoms with Crippen LogP contribution in [0.25, 0.3) is 4.98 Å². The number of aliphatic hydroxyl groups is 1. The van der Waals surface area contributed by atoms with Crippen LogP contribution in [0, 0.1) is 5.39 Å². The van der Waals surface area contributed by atoms with Gasteiger partial charge in [0.2, 0.25) is 5.39 Å². The zero-order chi connectivity index (χ0) is 24.0. The Morgan fingerprint density at radius 1 is 1.34 bits per heavy atom. The fourth-order valence-electron chi connectivity index (χ4n) is 3.42. The van der Waals surface area contributed by atoms with Gasteiger partial charge in [-0.05, 0) is 31.4 Å². The summed E-state index contributed by atoms with van der Waals surface area (Å²) in [6.07, 6.45) is 2.04. The Morgan fingerprint density at radius 3 is 2.56 bits per heavy atom. The highest BCUT2D eigenvalue weighted by Gasteiger charge is 2.50. The monoisotopic (exact) mass is 441 g/mol. The highest BCUT2D eigenvalue weighted by molar-refractivity contribution is 6.08. The summed E-state index contributed by atoms with van der Waals surface area (Å²) >= 11 is 0. The first-order valence-corrected chi connectivity index (χ1v) is 9.75. The fraction of sp³-hybridized carbons (Fsp3) is 0.318. The first-order valence-electron chi connectivity index (χ1n) is 9.75. The third-order valence-corrected chi connectivity index (χ3v) is 5.04. The Hall–Kier alpha value is -4.13. The number of allylic oxidation sites excluding steroid dienone is 2. The summed E-state index contributed by atoms with van der Waals surface area (Å²) < 4.78 is 9.83. The predicted octanol–water partition coefficient (Wildman–Crippen LogP) is 3.41. The lowest BCUT2D eigenvalue weighted by Gasteiger charge is -2.39. The number of hydrogen-bond acceptors (Lipinski definition) is 7. The highest BCUT2D eigenvalue weighted by atomic mass is 16.6. The SMILES string of the molecule is C=CCc1ccccc1C1C(C(=O)OCC)=C(C)N(C)C(=O)N1C(=O)/C([N+]#N)=C(\O)OC. The minimum Gasteiger partial charge on any atom is -0.475 e. The molecule has 1 aliphatic heterocycles. The van der Waals surface area contributed by atoms with E-state index in [0.717, 1.165) is 16.9 Å². The molecule has 1 aromatic carbocycles. The third kappa shape index (κ3) is 4.32. The van der Waals surface area contributed by atoms with Crippen molar-refractivity contribution in [3.05, 3.63) is 75.9 Å². The van der Waals surface area contributed by atoms with Crippen molar-refractivity contribution in [3.8, 4) is 0 Å². The molecule has 1 unspecified atom stereocenters. The molecule has 32 heavy (non-hydrogen) atoms. The van der Waals surface area contributed by atoms with Crippen molar-refractivity contribution < 1.29 is 29.0 Å². The van der Waals surface area contributed by atoms with E-state index in [0.29, 0.717) is 23.2 Å². The van der Waals surface area contributed by atoms with E-state index in [9.17, 15) is 24.9 Å². The van der Waals surface area contributed by atoms with Gasteiger partial charge in [-0.25, -0.2) is 14.5 Å². The maximum atomic E-state index is 13.3. The number of rotatable bonds is 7. The number of ether oxygens (including phenoxy) is 2. The molecular formula is C22H25N4O6+. The van der Waals surface area contributed by atoms with E-state index >= 15 is 0 Å². The minimum atomic E-state index is -1.22. The summed E-state index contributed by atoms with van der Waals surface area (Å²) in [7, 11) is 2.45. The molecule has 0 saturated heterocycles. The molecule has 3 amide bonds. The van der Waals surface area contributed by atoms with Gasteiger partial charge in [0.1, 0.15) is 6.04 Å². The summed E-state index contributed by atoms with van der Waals surface area (Å²) in [5, 5.41) is 19.2. The van der Waals surface area contributed by atoms with E-state index in [2.05, 4.69) is 16.3 Å². The number of amides is 3. The molecule has 0 radical (unpaired) electrons. The van der Waals surface area contributed by atoms with Gasteiger partial charge in [0.05, 0.1) is 19.3 Å². The van der Waals surface area contributed by atoms with Crippen molar-refractivity contribution in [2.24, 2.45) is 0 Å². The second-order valence-electron chi connectivity index (χ2n) is 6.79. The minimum absolute atomic E-state index is 0.0491. The number of nitrogens with zero attached hydrogens (tertiary/aromatic N) is 4. The van der Waals surface area contributed by atoms with Crippen LogP contribution in [-0.2, 0) is 25.5 Å². The zero-order valence-corrected chi connectivity index (χ0v) is 18.4. The number of urea groups is 1. The number of diazo groups is 1. The largest absolute Gasteiger partial charge is 0.528 e. The first-order chi connectivity index (χ1) is 15.2. The fourth-order valence-corrected chi connectivity index (χ4v) is 3.42. The van der Waals surface area contributed by atoms with E-state index in [4.69, 9.17) is 4.74 Å². The molecule has 10 nitrogen and oxygen atoms in total. The van der Waals surface area contributed by atoms with Crippen LogP contribution in [0.1, 0.15) is 31.0 Å². The lowest BCUT2D eigenvalue weighted by Crippen LogP contribution is -2.52. The average Bonchev–Trinajstić information content (AvgIpc) is 2.78. The van der Waals surface area contributed by atoms with Crippen LogP contribution in [0.5, 0.6) is 0 Å². The maximum Gasteiger partial charge on any atom is 0.528 e. The van der Waals surface area contributed by atoms with Crippen LogP contribution in [0.4, 0.5) is 4.79 Å². The molecule has 10 heteroatoms. The van der Waals surface area contributed by atoms with Crippen molar-refractivity contribution in [1.82, 2.24) is 9.80 Å². The maximum absolute atomic E-state index is 13.3. The summed E-state index contributed by atoms with van der Waals surface area (Å²) in [5.74, 6) is -2.88. The molecule has 0 saturated carbocycles. The predicted molar refractivity (Wildman–Crippen MR) is 114 cm³/mol. The van der Waals surface area contributed by atoms with Gasteiger partial charge in [-0.2, -0.15) is 0 Å². The smallest absolute Gasteiger partial charge is 0.475 e. The molecule has 1 aromatic rings. The number of imide groups is 1. The molecule has 1 atom stereocenters. The van der Waals surface area contributed by atoms with Crippen molar-refractivity contribution in [3.63, 3.8) is 0 Å². The van der Waals surface area contributed by atoms with E-state index in [1.54, 1.807) is 44.2 Å². The van der Waals surface area contributed by atoms with Crippen molar-refractivity contribution in [1.29, 1.82) is 5.39 Å². The van der Waals surface area contributed by atoms with Gasteiger partial charge >= 0.3 is 29.5 Å². The van der Waals surface area contributed by atoms with E-state index in [1.165, 1.54) is 7.05 Å². The third-order valence-electron chi connectivity index (χ3n) is 5.04. The topological polar surface area (TPSA) is 125 Å². The van der Waals surface area contributed by atoms with E-state index in [-0.39, 0.29) is 12.2 Å². The molecule has 1 aliphatic rings. The second kappa shape index (κ2) is 10.3. The number of carbonyl (C=O) groups is 3. The molecule has 0 bridgehead atoms. The molecule has 1 N–H and O–H groups in total. The first kappa shape index (κ1) is 24.1. The van der Waals surface area contributed by atoms with Crippen LogP contribution in [-0.4, -0.2) is 53.6 Å². The number of hydrogen-bond donors (Lipinski definition) is 1. The average molecular weight is 441 g/mol. The number of benzene rings is 1. The van der Waals surface area contributed by atoms with Gasteiger partial charge in [0.25, 0.3) is 0 Å². The Bertz CT molecular complexity index is 1050. The number of aliphatic hydroxyl groups excluding tert-OH is 1. The molecule has 0 spiro atoms. The molecule has 0 aromatic heterocycles. The van der Waals surface area contributed by atoms with E-state index in [1.807, 2.05) is 0 Å². The Kier molecular flexibility index (Phi) is 7.74. The van der Waals surface area contributed by atoms with Gasteiger partial charge in [0.15, 0.2) is 4.98 Å². The Morgan fingerprint density at radius 2 is 2.00 bits per heavy atom. The summed E-state index contributed by atoms with van der Waals surface area (Å²) in [6.45, 7) is 7.01. The normalized spacial score (nSPS) is 16.8. The number of methoxy groups -OCH3 is 1. The molecule has 0 fully saturated rings. The lowest BCUT2D eigenvalue weighted by molar-refractivity contribution is -0.140. The van der Waals surface area contributed by atoms with Gasteiger partial charge in [-0.3, -0.25) is 4.79 Å². The molecular weight excluding hydrogens is 416 g/mol. The van der Waals surface area contributed by atoms with Crippen LogP contribution >= 0.6 is 0 Å². The highest BCUT2D eigenvalue weighted by Crippen LogP contribution is 2.40. The van der Waals surface area contributed by atoms with Gasteiger partial charge in [-0.15, -0.1) is 6.58 Å². The Balaban J connectivity index is 2.88. The standard InChI is InChI=1S/C22H24N4O6/c1-6-10-14-11-8-9-12-15(14)18-16(20(28)32-7-2)13(3)25(4)22(30)26(18)19(27)17(24-23)21(29)31-5/h6,8-9,11-12,18H,1,7,10H2,2-5H3/p+1. The molecule has 168 valence electrons. The van der Waals surface area contributed by atoms with E-state index < -0.39 is 35.6 Å². The second-order valence-corrected chi connectivity index (χ2v) is 6.79. The summed E-state index contributed by atoms with van der Waals surface area (Å²) in [5.41, 5.74) is 0.619. The lowest BCUT2D eigenvalue weighted by atomic mass is 9.89. The van der Waals surface area contributed by atoms with Crippen LogP contribution in [0.3, 0.4) is 0 Å². The summed E-state index contributed by atoms with van der Waals surface area (Å²) in [6, 6.07) is 4.90. The van der Waals surface area contributed by atoms with Crippen molar-refractivity contribution >= 4 is 17.9 Å². The van der Waals surface area contributed by atoms with Crippen molar-refractivity contribution in [2.45, 2.75) is 26.3 Å². The zero-order valence-electron chi connectivity index (χ0n) is 18.4. The van der Waals surface area contributed by atoms with Crippen LogP contribution < -0.4 is 0 Å². The number of esters is 1. The van der Waals surface area contributed by atoms with Crippen LogP contribution in [0.15, 0.2) is 59.8 Å². The van der Waals surface area contributed by atoms with Gasteiger partial charge in [0, 0.05) is 12.7 Å². The van der Waals surface area contributed by atoms with Crippen molar-refractivity contribution in [2.75, 3.05) is 20.8 Å².